The van der Waals surface area contributed by atoms with Gasteiger partial charge >= 0.3 is 6.03 Å². The van der Waals surface area contributed by atoms with Crippen molar-refractivity contribution in [1.29, 1.82) is 0 Å². The number of aromatic nitrogens is 2. The molecule has 4 rings (SSSR count). The molecule has 144 valence electrons. The summed E-state index contributed by atoms with van der Waals surface area (Å²) in [4.78, 5) is 18.6. The molecule has 2 aromatic carbocycles. The normalized spacial score (nSPS) is 13.1. The van der Waals surface area contributed by atoms with Gasteiger partial charge in [0.1, 0.15) is 12.4 Å². The van der Waals surface area contributed by atoms with Crippen molar-refractivity contribution in [3.63, 3.8) is 0 Å². The summed E-state index contributed by atoms with van der Waals surface area (Å²) in [7, 11) is 0. The molecule has 0 saturated heterocycles. The summed E-state index contributed by atoms with van der Waals surface area (Å²) in [5.74, 6) is 0.653. The largest absolute Gasteiger partial charge is 0.490 e. The fourth-order valence-electron chi connectivity index (χ4n) is 3.26. The number of amides is 2. The zero-order chi connectivity index (χ0) is 19.3. The van der Waals surface area contributed by atoms with E-state index in [4.69, 9.17) is 16.3 Å². The fourth-order valence-corrected chi connectivity index (χ4v) is 3.46. The van der Waals surface area contributed by atoms with Crippen molar-refractivity contribution in [2.45, 2.75) is 19.5 Å². The maximum atomic E-state index is 12.8. The van der Waals surface area contributed by atoms with Crippen LogP contribution >= 0.6 is 11.6 Å². The Hall–Kier alpha value is -2.99. The first-order valence-electron chi connectivity index (χ1n) is 9.20. The summed E-state index contributed by atoms with van der Waals surface area (Å²) in [5.41, 5.74) is 3.01. The van der Waals surface area contributed by atoms with E-state index >= 15 is 0 Å². The Morgan fingerprint density at radius 1 is 1.21 bits per heavy atom. The maximum absolute atomic E-state index is 12.8. The molecule has 1 aliphatic rings. The number of rotatable bonds is 5. The van der Waals surface area contributed by atoms with Crippen LogP contribution in [0.3, 0.4) is 0 Å². The highest BCUT2D eigenvalue weighted by atomic mass is 35.5. The second-order valence-electron chi connectivity index (χ2n) is 6.66. The van der Waals surface area contributed by atoms with Gasteiger partial charge in [-0.2, -0.15) is 0 Å². The number of urea groups is 1. The Kier molecular flexibility index (Phi) is 5.48. The maximum Gasteiger partial charge on any atom is 0.322 e. The first kappa shape index (κ1) is 18.4. The third-order valence-corrected chi connectivity index (χ3v) is 5.00. The number of para-hydroxylation sites is 2. The number of imidazole rings is 1. The second-order valence-corrected chi connectivity index (χ2v) is 7.10. The summed E-state index contributed by atoms with van der Waals surface area (Å²) in [6.07, 6.45) is 6.17. The van der Waals surface area contributed by atoms with Crippen LogP contribution in [0.5, 0.6) is 5.75 Å². The molecular formula is C21H21ClN4O2. The number of hydrogen-bond donors (Lipinski definition) is 1. The average molecular weight is 397 g/mol. The van der Waals surface area contributed by atoms with Crippen molar-refractivity contribution in [3.8, 4) is 5.75 Å². The zero-order valence-electron chi connectivity index (χ0n) is 15.3. The van der Waals surface area contributed by atoms with Crippen molar-refractivity contribution in [1.82, 2.24) is 14.5 Å². The third-order valence-electron chi connectivity index (χ3n) is 4.76. The van der Waals surface area contributed by atoms with E-state index in [9.17, 15) is 4.79 Å². The Morgan fingerprint density at radius 2 is 2.11 bits per heavy atom. The summed E-state index contributed by atoms with van der Waals surface area (Å²) in [5, 5.41) is 3.72. The lowest BCUT2D eigenvalue weighted by atomic mass is 10.0. The van der Waals surface area contributed by atoms with Crippen molar-refractivity contribution in [2.24, 2.45) is 0 Å². The Balaban J connectivity index is 1.38. The molecule has 0 saturated carbocycles. The number of ether oxygens (including phenoxy) is 1. The van der Waals surface area contributed by atoms with Gasteiger partial charge in [0.15, 0.2) is 0 Å². The van der Waals surface area contributed by atoms with Crippen LogP contribution in [-0.2, 0) is 19.5 Å². The predicted molar refractivity (Wildman–Crippen MR) is 109 cm³/mol. The minimum absolute atomic E-state index is 0.133. The minimum atomic E-state index is -0.133. The molecule has 1 aliphatic heterocycles. The summed E-state index contributed by atoms with van der Waals surface area (Å²) >= 11 is 6.06. The SMILES string of the molecule is O=C(Nc1ccccc1OCCn1ccnc1)N1CCc2cc(Cl)ccc2C1. The van der Waals surface area contributed by atoms with E-state index < -0.39 is 0 Å². The number of halogens is 1. The molecule has 3 aromatic rings. The van der Waals surface area contributed by atoms with Crippen LogP contribution in [0, 0.1) is 0 Å². The summed E-state index contributed by atoms with van der Waals surface area (Å²) < 4.78 is 7.81. The van der Waals surface area contributed by atoms with Gasteiger partial charge in [0.25, 0.3) is 0 Å². The molecule has 0 aliphatic carbocycles. The van der Waals surface area contributed by atoms with Gasteiger partial charge in [0.05, 0.1) is 18.6 Å². The first-order valence-corrected chi connectivity index (χ1v) is 9.57. The highest BCUT2D eigenvalue weighted by Crippen LogP contribution is 2.26. The highest BCUT2D eigenvalue weighted by molar-refractivity contribution is 6.30. The lowest BCUT2D eigenvalue weighted by Gasteiger charge is -2.29. The van der Waals surface area contributed by atoms with E-state index in [1.54, 1.807) is 17.4 Å². The van der Waals surface area contributed by atoms with Gasteiger partial charge in [-0.25, -0.2) is 9.78 Å². The van der Waals surface area contributed by atoms with E-state index in [1.807, 2.05) is 53.2 Å². The molecule has 2 amide bonds. The lowest BCUT2D eigenvalue weighted by Crippen LogP contribution is -2.38. The number of carbonyl (C=O) groups excluding carboxylic acids is 1. The molecule has 1 aromatic heterocycles. The van der Waals surface area contributed by atoms with Gasteiger partial charge in [-0.05, 0) is 41.8 Å². The molecule has 0 unspecified atom stereocenters. The molecule has 0 fully saturated rings. The van der Waals surface area contributed by atoms with E-state index in [1.165, 1.54) is 5.56 Å². The molecule has 0 spiro atoms. The van der Waals surface area contributed by atoms with Gasteiger partial charge in [0.2, 0.25) is 0 Å². The molecule has 0 atom stereocenters. The smallest absolute Gasteiger partial charge is 0.322 e. The van der Waals surface area contributed by atoms with Crippen LogP contribution in [0.25, 0.3) is 0 Å². The van der Waals surface area contributed by atoms with Gasteiger partial charge < -0.3 is 19.5 Å². The second kappa shape index (κ2) is 8.35. The van der Waals surface area contributed by atoms with Crippen LogP contribution in [0.2, 0.25) is 5.02 Å². The van der Waals surface area contributed by atoms with Crippen LogP contribution in [0.1, 0.15) is 11.1 Å². The molecule has 1 N–H and O–H groups in total. The number of anilines is 1. The topological polar surface area (TPSA) is 59.4 Å². The number of carbonyl (C=O) groups is 1. The molecule has 6 nitrogen and oxygen atoms in total. The Bertz CT molecular complexity index is 959. The van der Waals surface area contributed by atoms with Crippen LogP contribution in [0.15, 0.2) is 61.2 Å². The van der Waals surface area contributed by atoms with Gasteiger partial charge in [-0.15, -0.1) is 0 Å². The van der Waals surface area contributed by atoms with E-state index in [-0.39, 0.29) is 6.03 Å². The number of benzene rings is 2. The molecule has 7 heteroatoms. The zero-order valence-corrected chi connectivity index (χ0v) is 16.1. The van der Waals surface area contributed by atoms with Gasteiger partial charge in [0, 0.05) is 30.5 Å². The monoisotopic (exact) mass is 396 g/mol. The van der Waals surface area contributed by atoms with Gasteiger partial charge in [-0.3, -0.25) is 0 Å². The highest BCUT2D eigenvalue weighted by Gasteiger charge is 2.21. The van der Waals surface area contributed by atoms with E-state index in [0.717, 1.165) is 17.0 Å². The van der Waals surface area contributed by atoms with Crippen LogP contribution < -0.4 is 10.1 Å². The molecule has 0 bridgehead atoms. The van der Waals surface area contributed by atoms with Crippen molar-refractivity contribution >= 4 is 23.3 Å². The summed E-state index contributed by atoms with van der Waals surface area (Å²) in [6, 6.07) is 13.2. The van der Waals surface area contributed by atoms with Crippen LogP contribution in [0.4, 0.5) is 10.5 Å². The van der Waals surface area contributed by atoms with Crippen LogP contribution in [-0.4, -0.2) is 33.6 Å². The Morgan fingerprint density at radius 3 is 2.96 bits per heavy atom. The quantitative estimate of drug-likeness (QED) is 0.702. The Labute approximate surface area is 168 Å². The predicted octanol–water partition coefficient (Wildman–Crippen LogP) is 4.21. The third kappa shape index (κ3) is 4.28. The number of nitrogens with one attached hydrogen (secondary N) is 1. The summed E-state index contributed by atoms with van der Waals surface area (Å²) in [6.45, 7) is 2.40. The van der Waals surface area contributed by atoms with E-state index in [2.05, 4.69) is 10.3 Å². The molecule has 28 heavy (non-hydrogen) atoms. The standard InChI is InChI=1S/C21H21ClN4O2/c22-18-6-5-17-14-26(9-7-16(17)13-18)21(27)24-19-3-1-2-4-20(19)28-12-11-25-10-8-23-15-25/h1-6,8,10,13,15H,7,9,11-12,14H2,(H,24,27). The lowest BCUT2D eigenvalue weighted by molar-refractivity contribution is 0.206. The number of nitrogens with zero attached hydrogens (tertiary/aromatic N) is 3. The molecule has 2 heterocycles. The molecule has 0 radical (unpaired) electrons. The average Bonchev–Trinajstić information content (AvgIpc) is 3.22. The fraction of sp³-hybridized carbons (Fsp3) is 0.238. The van der Waals surface area contributed by atoms with Gasteiger partial charge in [-0.1, -0.05) is 29.8 Å². The molecular weight excluding hydrogens is 376 g/mol. The van der Waals surface area contributed by atoms with Crippen molar-refractivity contribution in [3.05, 3.63) is 77.3 Å². The number of hydrogen-bond acceptors (Lipinski definition) is 3. The van der Waals surface area contributed by atoms with Crippen molar-refractivity contribution in [2.75, 3.05) is 18.5 Å². The number of fused-ring (bicyclic) bond motifs is 1. The first-order chi connectivity index (χ1) is 13.7. The van der Waals surface area contributed by atoms with Crippen molar-refractivity contribution < 1.29 is 9.53 Å². The van der Waals surface area contributed by atoms with E-state index in [0.29, 0.717) is 37.7 Å². The minimum Gasteiger partial charge on any atom is -0.490 e.